The molecule has 148 valence electrons. The highest BCUT2D eigenvalue weighted by Crippen LogP contribution is 2.20. The molecule has 0 saturated carbocycles. The summed E-state index contributed by atoms with van der Waals surface area (Å²) in [7, 11) is 0. The molecule has 0 radical (unpaired) electrons. The van der Waals surface area contributed by atoms with Gasteiger partial charge < -0.3 is 9.64 Å². The van der Waals surface area contributed by atoms with Crippen LogP contribution in [0.2, 0.25) is 0 Å². The summed E-state index contributed by atoms with van der Waals surface area (Å²) in [5.74, 6) is 0. The fraction of sp³-hybridized carbons (Fsp3) is 0.240. The Labute approximate surface area is 173 Å². The van der Waals surface area contributed by atoms with Crippen molar-refractivity contribution < 1.29 is 4.74 Å². The molecule has 0 unspecified atom stereocenters. The third kappa shape index (κ3) is 5.04. The van der Waals surface area contributed by atoms with E-state index in [1.807, 2.05) is 12.1 Å². The molecule has 1 fully saturated rings. The number of rotatable bonds is 6. The molecule has 1 aliphatic rings. The topological polar surface area (TPSA) is 28.1 Å². The van der Waals surface area contributed by atoms with Crippen molar-refractivity contribution >= 4 is 17.1 Å². The van der Waals surface area contributed by atoms with Crippen LogP contribution in [0.3, 0.4) is 0 Å². The SMILES string of the molecule is C/C(=N\N(Cc1ccccc1)c1ccccc1)c1ccc(N2CCOCC2)cc1. The molecular weight excluding hydrogens is 358 g/mol. The molecule has 0 atom stereocenters. The van der Waals surface area contributed by atoms with E-state index < -0.39 is 0 Å². The van der Waals surface area contributed by atoms with Gasteiger partial charge in [0, 0.05) is 18.8 Å². The highest BCUT2D eigenvalue weighted by atomic mass is 16.5. The first-order valence-corrected chi connectivity index (χ1v) is 10.1. The summed E-state index contributed by atoms with van der Waals surface area (Å²) < 4.78 is 5.45. The Hall–Kier alpha value is -3.11. The Balaban J connectivity index is 1.56. The van der Waals surface area contributed by atoms with Gasteiger partial charge in [0.2, 0.25) is 0 Å². The third-order valence-corrected chi connectivity index (χ3v) is 5.16. The third-order valence-electron chi connectivity index (χ3n) is 5.16. The van der Waals surface area contributed by atoms with Crippen LogP contribution >= 0.6 is 0 Å². The van der Waals surface area contributed by atoms with Gasteiger partial charge in [-0.25, -0.2) is 0 Å². The summed E-state index contributed by atoms with van der Waals surface area (Å²) in [6.07, 6.45) is 0. The first-order chi connectivity index (χ1) is 14.3. The predicted molar refractivity (Wildman–Crippen MR) is 121 cm³/mol. The fourth-order valence-electron chi connectivity index (χ4n) is 3.51. The Morgan fingerprint density at radius 3 is 2.14 bits per heavy atom. The number of nitrogens with zero attached hydrogens (tertiary/aromatic N) is 3. The van der Waals surface area contributed by atoms with Crippen LogP contribution in [0.25, 0.3) is 0 Å². The number of para-hydroxylation sites is 1. The number of morpholine rings is 1. The molecule has 4 nitrogen and oxygen atoms in total. The number of ether oxygens (including phenoxy) is 1. The second-order valence-corrected chi connectivity index (χ2v) is 7.21. The summed E-state index contributed by atoms with van der Waals surface area (Å²) >= 11 is 0. The molecule has 4 heteroatoms. The quantitative estimate of drug-likeness (QED) is 0.444. The fourth-order valence-corrected chi connectivity index (χ4v) is 3.51. The maximum absolute atomic E-state index is 5.45. The number of benzene rings is 3. The average Bonchev–Trinajstić information content (AvgIpc) is 2.80. The van der Waals surface area contributed by atoms with E-state index in [1.165, 1.54) is 11.3 Å². The Morgan fingerprint density at radius 1 is 0.862 bits per heavy atom. The van der Waals surface area contributed by atoms with Crippen molar-refractivity contribution in [2.75, 3.05) is 36.2 Å². The Morgan fingerprint density at radius 2 is 1.48 bits per heavy atom. The van der Waals surface area contributed by atoms with Crippen molar-refractivity contribution in [1.82, 2.24) is 0 Å². The molecule has 1 heterocycles. The van der Waals surface area contributed by atoms with Crippen LogP contribution < -0.4 is 9.91 Å². The first kappa shape index (κ1) is 19.2. The lowest BCUT2D eigenvalue weighted by Gasteiger charge is -2.29. The lowest BCUT2D eigenvalue weighted by molar-refractivity contribution is 0.122. The van der Waals surface area contributed by atoms with Crippen LogP contribution in [-0.4, -0.2) is 32.0 Å². The van der Waals surface area contributed by atoms with Gasteiger partial charge in [0.1, 0.15) is 0 Å². The second kappa shape index (κ2) is 9.39. The van der Waals surface area contributed by atoms with Crippen molar-refractivity contribution in [1.29, 1.82) is 0 Å². The minimum absolute atomic E-state index is 0.730. The van der Waals surface area contributed by atoms with Crippen LogP contribution in [0.5, 0.6) is 0 Å². The van der Waals surface area contributed by atoms with Gasteiger partial charge >= 0.3 is 0 Å². The summed E-state index contributed by atoms with van der Waals surface area (Å²) in [5, 5.41) is 7.04. The van der Waals surface area contributed by atoms with Crippen molar-refractivity contribution in [3.63, 3.8) is 0 Å². The van der Waals surface area contributed by atoms with E-state index in [1.54, 1.807) is 0 Å². The average molecular weight is 386 g/mol. The van der Waals surface area contributed by atoms with Crippen molar-refractivity contribution in [3.8, 4) is 0 Å². The van der Waals surface area contributed by atoms with Gasteiger partial charge in [-0.1, -0.05) is 60.7 Å². The first-order valence-electron chi connectivity index (χ1n) is 10.1. The van der Waals surface area contributed by atoms with E-state index in [4.69, 9.17) is 9.84 Å². The Kier molecular flexibility index (Phi) is 6.22. The van der Waals surface area contributed by atoms with Gasteiger partial charge in [-0.3, -0.25) is 5.01 Å². The van der Waals surface area contributed by atoms with Gasteiger partial charge in [-0.05, 0) is 42.3 Å². The molecule has 4 rings (SSSR count). The van der Waals surface area contributed by atoms with Gasteiger partial charge in [-0.2, -0.15) is 5.10 Å². The van der Waals surface area contributed by atoms with Gasteiger partial charge in [-0.15, -0.1) is 0 Å². The molecule has 0 bridgehead atoms. The minimum atomic E-state index is 0.730. The van der Waals surface area contributed by atoms with E-state index in [9.17, 15) is 0 Å². The smallest absolute Gasteiger partial charge is 0.0666 e. The molecule has 3 aromatic carbocycles. The molecule has 0 aliphatic carbocycles. The molecule has 1 aliphatic heterocycles. The minimum Gasteiger partial charge on any atom is -0.378 e. The molecular formula is C25H27N3O. The summed E-state index contributed by atoms with van der Waals surface area (Å²) in [5.41, 5.74) is 5.69. The standard InChI is InChI=1S/C25H27N3O/c1-21(23-12-14-24(15-13-23)27-16-18-29-19-17-27)26-28(25-10-6-3-7-11-25)20-22-8-4-2-5-9-22/h2-15H,16-20H2,1H3/b26-21+. The van der Waals surface area contributed by atoms with Crippen molar-refractivity contribution in [2.24, 2.45) is 5.10 Å². The van der Waals surface area contributed by atoms with Gasteiger partial charge in [0.25, 0.3) is 0 Å². The van der Waals surface area contributed by atoms with Crippen LogP contribution in [-0.2, 0) is 11.3 Å². The van der Waals surface area contributed by atoms with Crippen molar-refractivity contribution in [2.45, 2.75) is 13.5 Å². The maximum Gasteiger partial charge on any atom is 0.0666 e. The van der Waals surface area contributed by atoms with E-state index in [-0.39, 0.29) is 0 Å². The lowest BCUT2D eigenvalue weighted by atomic mass is 10.1. The lowest BCUT2D eigenvalue weighted by Crippen LogP contribution is -2.36. The van der Waals surface area contributed by atoms with E-state index >= 15 is 0 Å². The number of hydrogen-bond acceptors (Lipinski definition) is 4. The second-order valence-electron chi connectivity index (χ2n) is 7.21. The number of anilines is 2. The van der Waals surface area contributed by atoms with Gasteiger partial charge in [0.05, 0.1) is 31.2 Å². The van der Waals surface area contributed by atoms with Gasteiger partial charge in [0.15, 0.2) is 0 Å². The highest BCUT2D eigenvalue weighted by Gasteiger charge is 2.12. The number of hydrogen-bond donors (Lipinski definition) is 0. The predicted octanol–water partition coefficient (Wildman–Crippen LogP) is 4.95. The van der Waals surface area contributed by atoms with Crippen LogP contribution in [0, 0.1) is 0 Å². The molecule has 0 aromatic heterocycles. The van der Waals surface area contributed by atoms with Crippen molar-refractivity contribution in [3.05, 3.63) is 96.1 Å². The summed E-state index contributed by atoms with van der Waals surface area (Å²) in [4.78, 5) is 2.37. The summed E-state index contributed by atoms with van der Waals surface area (Å²) in [6, 6.07) is 29.5. The largest absolute Gasteiger partial charge is 0.378 e. The van der Waals surface area contributed by atoms with Crippen LogP contribution in [0.1, 0.15) is 18.1 Å². The zero-order chi connectivity index (χ0) is 19.9. The zero-order valence-electron chi connectivity index (χ0n) is 16.9. The van der Waals surface area contributed by atoms with Crippen LogP contribution in [0.4, 0.5) is 11.4 Å². The molecule has 0 spiro atoms. The van der Waals surface area contributed by atoms with E-state index in [2.05, 4.69) is 89.6 Å². The maximum atomic E-state index is 5.45. The zero-order valence-corrected chi connectivity index (χ0v) is 16.9. The highest BCUT2D eigenvalue weighted by molar-refractivity contribution is 5.99. The van der Waals surface area contributed by atoms with Crippen LogP contribution in [0.15, 0.2) is 90.0 Å². The molecule has 1 saturated heterocycles. The monoisotopic (exact) mass is 385 g/mol. The molecule has 29 heavy (non-hydrogen) atoms. The Bertz CT molecular complexity index is 917. The molecule has 0 amide bonds. The molecule has 0 N–H and O–H groups in total. The van der Waals surface area contributed by atoms with E-state index in [0.717, 1.165) is 49.8 Å². The number of hydrazone groups is 1. The normalized spacial score (nSPS) is 14.7. The van der Waals surface area contributed by atoms with E-state index in [0.29, 0.717) is 0 Å². The molecule has 3 aromatic rings. The summed E-state index contributed by atoms with van der Waals surface area (Å²) in [6.45, 7) is 6.30.